The standard InChI is InChI=1S/C18H18N2O3/c1-20(2)15-6-4-14(5-7-15)19-10-9-16(21)13-3-8-17-18(11-13)23-12-22-17/h3-11,19H,12H2,1-2H3/b10-9+. The van der Waals surface area contributed by atoms with Gasteiger partial charge in [0, 0.05) is 43.3 Å². The van der Waals surface area contributed by atoms with E-state index in [1.165, 1.54) is 6.08 Å². The van der Waals surface area contributed by atoms with E-state index in [1.807, 2.05) is 43.3 Å². The van der Waals surface area contributed by atoms with Gasteiger partial charge < -0.3 is 19.7 Å². The predicted molar refractivity (Wildman–Crippen MR) is 90.4 cm³/mol. The number of benzene rings is 2. The summed E-state index contributed by atoms with van der Waals surface area (Å²) in [6, 6.07) is 13.1. The number of ketones is 1. The van der Waals surface area contributed by atoms with Gasteiger partial charge in [-0.3, -0.25) is 4.79 Å². The Balaban J connectivity index is 1.62. The molecule has 1 aliphatic rings. The molecule has 0 aromatic heterocycles. The normalized spacial score (nSPS) is 12.4. The molecule has 1 N–H and O–H groups in total. The number of fused-ring (bicyclic) bond motifs is 1. The van der Waals surface area contributed by atoms with Crippen LogP contribution in [0.2, 0.25) is 0 Å². The highest BCUT2D eigenvalue weighted by atomic mass is 16.7. The largest absolute Gasteiger partial charge is 0.454 e. The second kappa shape index (κ2) is 6.44. The third-order valence-electron chi connectivity index (χ3n) is 3.53. The van der Waals surface area contributed by atoms with Gasteiger partial charge in [0.15, 0.2) is 17.3 Å². The zero-order valence-electron chi connectivity index (χ0n) is 13.1. The van der Waals surface area contributed by atoms with Crippen LogP contribution < -0.4 is 19.7 Å². The summed E-state index contributed by atoms with van der Waals surface area (Å²) in [5, 5.41) is 3.09. The Bertz CT molecular complexity index is 736. The Morgan fingerprint density at radius 2 is 1.83 bits per heavy atom. The SMILES string of the molecule is CN(C)c1ccc(N/C=C/C(=O)c2ccc3c(c2)OCO3)cc1. The summed E-state index contributed by atoms with van der Waals surface area (Å²) in [6.07, 6.45) is 3.13. The Kier molecular flexibility index (Phi) is 4.19. The van der Waals surface area contributed by atoms with Crippen molar-refractivity contribution in [3.05, 3.63) is 60.3 Å². The molecule has 0 spiro atoms. The molecule has 5 nitrogen and oxygen atoms in total. The molecule has 23 heavy (non-hydrogen) atoms. The summed E-state index contributed by atoms with van der Waals surface area (Å²) >= 11 is 0. The van der Waals surface area contributed by atoms with Gasteiger partial charge in [0.25, 0.3) is 0 Å². The topological polar surface area (TPSA) is 50.8 Å². The lowest BCUT2D eigenvalue weighted by atomic mass is 10.1. The first kappa shape index (κ1) is 15.0. The van der Waals surface area contributed by atoms with E-state index in [1.54, 1.807) is 24.4 Å². The number of hydrogen-bond acceptors (Lipinski definition) is 5. The van der Waals surface area contributed by atoms with Gasteiger partial charge >= 0.3 is 0 Å². The quantitative estimate of drug-likeness (QED) is 0.678. The zero-order chi connectivity index (χ0) is 16.2. The number of rotatable bonds is 5. The van der Waals surface area contributed by atoms with Crippen molar-refractivity contribution in [2.24, 2.45) is 0 Å². The Morgan fingerprint density at radius 3 is 2.57 bits per heavy atom. The van der Waals surface area contributed by atoms with Gasteiger partial charge in [-0.05, 0) is 42.5 Å². The molecule has 0 bridgehead atoms. The molecule has 118 valence electrons. The third-order valence-corrected chi connectivity index (χ3v) is 3.53. The van der Waals surface area contributed by atoms with Gasteiger partial charge in [-0.15, -0.1) is 0 Å². The van der Waals surface area contributed by atoms with Crippen molar-refractivity contribution in [2.45, 2.75) is 0 Å². The van der Waals surface area contributed by atoms with E-state index in [4.69, 9.17) is 9.47 Å². The molecule has 0 fully saturated rings. The molecule has 0 saturated heterocycles. The van der Waals surface area contributed by atoms with E-state index in [2.05, 4.69) is 5.32 Å². The summed E-state index contributed by atoms with van der Waals surface area (Å²) in [4.78, 5) is 14.2. The number of carbonyl (C=O) groups excluding carboxylic acids is 1. The van der Waals surface area contributed by atoms with Crippen molar-refractivity contribution < 1.29 is 14.3 Å². The molecule has 0 saturated carbocycles. The Hall–Kier alpha value is -2.95. The molecule has 0 unspecified atom stereocenters. The summed E-state index contributed by atoms with van der Waals surface area (Å²) in [6.45, 7) is 0.202. The molecule has 0 aliphatic carbocycles. The third kappa shape index (κ3) is 3.45. The highest BCUT2D eigenvalue weighted by molar-refractivity contribution is 6.05. The maximum absolute atomic E-state index is 12.1. The van der Waals surface area contributed by atoms with Crippen LogP contribution in [0.3, 0.4) is 0 Å². The maximum Gasteiger partial charge on any atom is 0.231 e. The lowest BCUT2D eigenvalue weighted by Crippen LogP contribution is -2.08. The Labute approximate surface area is 135 Å². The second-order valence-corrected chi connectivity index (χ2v) is 5.35. The van der Waals surface area contributed by atoms with Crippen molar-refractivity contribution in [3.63, 3.8) is 0 Å². The van der Waals surface area contributed by atoms with E-state index in [9.17, 15) is 4.79 Å². The molecule has 2 aromatic rings. The van der Waals surface area contributed by atoms with Crippen molar-refractivity contribution in [1.82, 2.24) is 0 Å². The van der Waals surface area contributed by atoms with Crippen molar-refractivity contribution >= 4 is 17.2 Å². The van der Waals surface area contributed by atoms with Gasteiger partial charge in [-0.1, -0.05) is 0 Å². The number of nitrogens with one attached hydrogen (secondary N) is 1. The molecular formula is C18H18N2O3. The lowest BCUT2D eigenvalue weighted by molar-refractivity contribution is 0.104. The predicted octanol–water partition coefficient (Wildman–Crippen LogP) is 3.29. The molecule has 5 heteroatoms. The van der Waals surface area contributed by atoms with Crippen LogP contribution in [0.25, 0.3) is 0 Å². The van der Waals surface area contributed by atoms with Crippen LogP contribution in [0.4, 0.5) is 11.4 Å². The van der Waals surface area contributed by atoms with Crippen LogP contribution in [0, 0.1) is 0 Å². The van der Waals surface area contributed by atoms with Crippen molar-refractivity contribution in [2.75, 3.05) is 31.1 Å². The highest BCUT2D eigenvalue weighted by Crippen LogP contribution is 2.32. The maximum atomic E-state index is 12.1. The first-order valence-corrected chi connectivity index (χ1v) is 7.28. The number of anilines is 2. The molecule has 3 rings (SSSR count). The first-order valence-electron chi connectivity index (χ1n) is 7.28. The number of carbonyl (C=O) groups is 1. The van der Waals surface area contributed by atoms with Crippen LogP contribution in [-0.2, 0) is 0 Å². The fraction of sp³-hybridized carbons (Fsp3) is 0.167. The molecular weight excluding hydrogens is 292 g/mol. The Morgan fingerprint density at radius 1 is 1.09 bits per heavy atom. The fourth-order valence-corrected chi connectivity index (χ4v) is 2.22. The summed E-state index contributed by atoms with van der Waals surface area (Å²) in [7, 11) is 3.98. The van der Waals surface area contributed by atoms with Crippen LogP contribution >= 0.6 is 0 Å². The van der Waals surface area contributed by atoms with Gasteiger partial charge in [-0.2, -0.15) is 0 Å². The van der Waals surface area contributed by atoms with Gasteiger partial charge in [0.05, 0.1) is 0 Å². The minimum absolute atomic E-state index is 0.0966. The van der Waals surface area contributed by atoms with Crippen molar-refractivity contribution in [1.29, 1.82) is 0 Å². The van der Waals surface area contributed by atoms with Crippen LogP contribution in [0.1, 0.15) is 10.4 Å². The van der Waals surface area contributed by atoms with Crippen molar-refractivity contribution in [3.8, 4) is 11.5 Å². The molecule has 1 heterocycles. The van der Waals surface area contributed by atoms with Gasteiger partial charge in [-0.25, -0.2) is 0 Å². The fourth-order valence-electron chi connectivity index (χ4n) is 2.22. The molecule has 0 radical (unpaired) electrons. The molecule has 1 aliphatic heterocycles. The average molecular weight is 310 g/mol. The number of hydrogen-bond donors (Lipinski definition) is 1. The van der Waals surface area contributed by atoms with Gasteiger partial charge in [0.1, 0.15) is 0 Å². The van der Waals surface area contributed by atoms with Gasteiger partial charge in [0.2, 0.25) is 6.79 Å². The zero-order valence-corrected chi connectivity index (χ0v) is 13.1. The minimum atomic E-state index is -0.0966. The minimum Gasteiger partial charge on any atom is -0.454 e. The molecule has 0 atom stereocenters. The smallest absolute Gasteiger partial charge is 0.231 e. The number of ether oxygens (including phenoxy) is 2. The van der Waals surface area contributed by atoms with Crippen LogP contribution in [0.15, 0.2) is 54.7 Å². The summed E-state index contributed by atoms with van der Waals surface area (Å²) < 4.78 is 10.5. The molecule has 2 aromatic carbocycles. The van der Waals surface area contributed by atoms with E-state index in [-0.39, 0.29) is 12.6 Å². The lowest BCUT2D eigenvalue weighted by Gasteiger charge is -2.12. The molecule has 0 amide bonds. The van der Waals surface area contributed by atoms with Crippen LogP contribution in [0.5, 0.6) is 11.5 Å². The number of nitrogens with zero attached hydrogens (tertiary/aromatic N) is 1. The average Bonchev–Trinajstić information content (AvgIpc) is 3.02. The van der Waals surface area contributed by atoms with E-state index in [0.717, 1.165) is 11.4 Å². The van der Waals surface area contributed by atoms with Crippen LogP contribution in [-0.4, -0.2) is 26.7 Å². The second-order valence-electron chi connectivity index (χ2n) is 5.35. The van der Waals surface area contributed by atoms with E-state index >= 15 is 0 Å². The highest BCUT2D eigenvalue weighted by Gasteiger charge is 2.14. The monoisotopic (exact) mass is 310 g/mol. The summed E-state index contributed by atoms with van der Waals surface area (Å²) in [5.74, 6) is 1.18. The first-order chi connectivity index (χ1) is 11.1. The number of allylic oxidation sites excluding steroid dienone is 1. The van der Waals surface area contributed by atoms with E-state index in [0.29, 0.717) is 17.1 Å². The van der Waals surface area contributed by atoms with E-state index < -0.39 is 0 Å². The summed E-state index contributed by atoms with van der Waals surface area (Å²) in [5.41, 5.74) is 2.61.